The van der Waals surface area contributed by atoms with Gasteiger partial charge in [0.1, 0.15) is 5.75 Å². The minimum Gasteiger partial charge on any atom is -0.494 e. The van der Waals surface area contributed by atoms with Gasteiger partial charge in [0.15, 0.2) is 0 Å². The summed E-state index contributed by atoms with van der Waals surface area (Å²) in [4.78, 5) is 11.8. The Morgan fingerprint density at radius 3 is 2.60 bits per heavy atom. The third-order valence-corrected chi connectivity index (χ3v) is 4.43. The number of hydrogen-bond acceptors (Lipinski definition) is 4. The summed E-state index contributed by atoms with van der Waals surface area (Å²) in [7, 11) is 0. The van der Waals surface area contributed by atoms with Crippen LogP contribution in [0.3, 0.4) is 0 Å². The van der Waals surface area contributed by atoms with Crippen LogP contribution in [0, 0.1) is 0 Å². The van der Waals surface area contributed by atoms with Crippen LogP contribution in [0.5, 0.6) is 5.75 Å². The Morgan fingerprint density at radius 1 is 1.20 bits per heavy atom. The molecule has 0 aliphatic heterocycles. The molecule has 0 unspecified atom stereocenters. The Bertz CT molecular complexity index is 688. The number of benzene rings is 2. The van der Waals surface area contributed by atoms with Gasteiger partial charge in [-0.1, -0.05) is 30.7 Å². The van der Waals surface area contributed by atoms with E-state index in [1.54, 1.807) is 6.21 Å². The number of thioether (sulfide) groups is 1. The molecule has 2 aromatic carbocycles. The molecule has 2 rings (SSSR count). The van der Waals surface area contributed by atoms with Gasteiger partial charge in [-0.2, -0.15) is 5.10 Å². The maximum absolute atomic E-state index is 11.8. The molecule has 0 saturated heterocycles. The summed E-state index contributed by atoms with van der Waals surface area (Å²) in [6.45, 7) is 2.77. The largest absolute Gasteiger partial charge is 0.494 e. The topological polar surface area (TPSA) is 50.7 Å². The van der Waals surface area contributed by atoms with Crippen LogP contribution in [0.15, 0.2) is 53.6 Å². The second kappa shape index (κ2) is 10.8. The molecule has 132 valence electrons. The number of carbonyl (C=O) groups excluding carboxylic acids is 1. The van der Waals surface area contributed by atoms with Crippen LogP contribution >= 0.6 is 23.4 Å². The van der Waals surface area contributed by atoms with E-state index in [0.717, 1.165) is 29.1 Å². The van der Waals surface area contributed by atoms with Crippen molar-refractivity contribution in [2.24, 2.45) is 5.10 Å². The minimum absolute atomic E-state index is 0.127. The van der Waals surface area contributed by atoms with Crippen LogP contribution < -0.4 is 10.2 Å². The van der Waals surface area contributed by atoms with Gasteiger partial charge in [0.2, 0.25) is 5.91 Å². The van der Waals surface area contributed by atoms with Crippen molar-refractivity contribution in [3.05, 3.63) is 64.7 Å². The third kappa shape index (κ3) is 7.63. The van der Waals surface area contributed by atoms with Crippen LogP contribution in [-0.2, 0) is 10.5 Å². The molecule has 0 fully saturated rings. The Hall–Kier alpha value is -1.98. The predicted molar refractivity (Wildman–Crippen MR) is 106 cm³/mol. The lowest BCUT2D eigenvalue weighted by molar-refractivity contribution is -0.118. The molecular formula is C19H21ClN2O2S. The number of amides is 1. The van der Waals surface area contributed by atoms with E-state index >= 15 is 0 Å². The second-order valence-corrected chi connectivity index (χ2v) is 6.75. The highest BCUT2D eigenvalue weighted by Crippen LogP contribution is 2.15. The summed E-state index contributed by atoms with van der Waals surface area (Å²) in [6.07, 6.45) is 2.59. The maximum atomic E-state index is 11.8. The van der Waals surface area contributed by atoms with E-state index in [1.807, 2.05) is 48.5 Å². The SMILES string of the molecule is CCCOc1ccc(/C=N\NC(=O)CSCc2ccc(Cl)cc2)cc1. The lowest BCUT2D eigenvalue weighted by Crippen LogP contribution is -2.19. The average molecular weight is 377 g/mol. The molecular weight excluding hydrogens is 356 g/mol. The number of rotatable bonds is 9. The fourth-order valence-corrected chi connectivity index (χ4v) is 2.83. The smallest absolute Gasteiger partial charge is 0.250 e. The first-order valence-electron chi connectivity index (χ1n) is 8.04. The first-order valence-corrected chi connectivity index (χ1v) is 9.57. The zero-order valence-electron chi connectivity index (χ0n) is 14.1. The number of ether oxygens (including phenoxy) is 1. The molecule has 0 heterocycles. The van der Waals surface area contributed by atoms with Crippen LogP contribution in [0.25, 0.3) is 0 Å². The summed E-state index contributed by atoms with van der Waals surface area (Å²) in [5.41, 5.74) is 4.57. The average Bonchev–Trinajstić information content (AvgIpc) is 2.63. The molecule has 0 atom stereocenters. The molecule has 25 heavy (non-hydrogen) atoms. The molecule has 1 amide bonds. The van der Waals surface area contributed by atoms with Gasteiger partial charge in [-0.05, 0) is 53.9 Å². The number of hydrazone groups is 1. The van der Waals surface area contributed by atoms with Crippen molar-refractivity contribution in [1.82, 2.24) is 5.43 Å². The summed E-state index contributed by atoms with van der Waals surface area (Å²) >= 11 is 7.37. The first-order chi connectivity index (χ1) is 12.2. The zero-order chi connectivity index (χ0) is 17.9. The van der Waals surface area contributed by atoms with E-state index in [4.69, 9.17) is 16.3 Å². The number of hydrogen-bond donors (Lipinski definition) is 1. The van der Waals surface area contributed by atoms with E-state index in [1.165, 1.54) is 11.8 Å². The van der Waals surface area contributed by atoms with Crippen molar-refractivity contribution in [1.29, 1.82) is 0 Å². The van der Waals surface area contributed by atoms with Gasteiger partial charge in [0.25, 0.3) is 0 Å². The van der Waals surface area contributed by atoms with E-state index < -0.39 is 0 Å². The van der Waals surface area contributed by atoms with Crippen molar-refractivity contribution in [2.75, 3.05) is 12.4 Å². The molecule has 4 nitrogen and oxygen atoms in total. The van der Waals surface area contributed by atoms with Crippen molar-refractivity contribution < 1.29 is 9.53 Å². The van der Waals surface area contributed by atoms with E-state index in [-0.39, 0.29) is 5.91 Å². The van der Waals surface area contributed by atoms with E-state index in [2.05, 4.69) is 17.5 Å². The zero-order valence-corrected chi connectivity index (χ0v) is 15.6. The monoisotopic (exact) mass is 376 g/mol. The number of halogens is 1. The van der Waals surface area contributed by atoms with Gasteiger partial charge in [-0.3, -0.25) is 4.79 Å². The second-order valence-electron chi connectivity index (χ2n) is 5.33. The quantitative estimate of drug-likeness (QED) is 0.517. The highest BCUT2D eigenvalue weighted by atomic mass is 35.5. The van der Waals surface area contributed by atoms with Gasteiger partial charge in [0.05, 0.1) is 18.6 Å². The van der Waals surface area contributed by atoms with Crippen LogP contribution in [0.4, 0.5) is 0 Å². The van der Waals surface area contributed by atoms with Crippen molar-refractivity contribution in [3.8, 4) is 5.75 Å². The fraction of sp³-hybridized carbons (Fsp3) is 0.263. The molecule has 1 N–H and O–H groups in total. The molecule has 0 bridgehead atoms. The third-order valence-electron chi connectivity index (χ3n) is 3.17. The number of nitrogens with one attached hydrogen (secondary N) is 1. The van der Waals surface area contributed by atoms with Crippen molar-refractivity contribution >= 4 is 35.5 Å². The number of carbonyl (C=O) groups is 1. The summed E-state index contributed by atoms with van der Waals surface area (Å²) < 4.78 is 5.52. The fourth-order valence-electron chi connectivity index (χ4n) is 1.92. The molecule has 0 saturated carbocycles. The summed E-state index contributed by atoms with van der Waals surface area (Å²) in [5.74, 6) is 1.82. The minimum atomic E-state index is -0.127. The molecule has 0 radical (unpaired) electrons. The molecule has 0 aromatic heterocycles. The predicted octanol–water partition coefficient (Wildman–Crippen LogP) is 4.51. The van der Waals surface area contributed by atoms with Crippen molar-refractivity contribution in [3.63, 3.8) is 0 Å². The van der Waals surface area contributed by atoms with Gasteiger partial charge in [-0.15, -0.1) is 11.8 Å². The van der Waals surface area contributed by atoms with Gasteiger partial charge in [0, 0.05) is 10.8 Å². The number of nitrogens with zero attached hydrogens (tertiary/aromatic N) is 1. The highest BCUT2D eigenvalue weighted by molar-refractivity contribution is 7.99. The van der Waals surface area contributed by atoms with Crippen LogP contribution in [-0.4, -0.2) is 24.5 Å². The Labute approximate surface area is 157 Å². The summed E-state index contributed by atoms with van der Waals surface area (Å²) in [6, 6.07) is 15.2. The lowest BCUT2D eigenvalue weighted by Gasteiger charge is -2.04. The summed E-state index contributed by atoms with van der Waals surface area (Å²) in [5, 5.41) is 4.69. The molecule has 0 spiro atoms. The van der Waals surface area contributed by atoms with Gasteiger partial charge in [-0.25, -0.2) is 5.43 Å². The molecule has 0 aliphatic rings. The normalized spacial score (nSPS) is 10.8. The van der Waals surface area contributed by atoms with Gasteiger partial charge < -0.3 is 4.74 Å². The van der Waals surface area contributed by atoms with Crippen molar-refractivity contribution in [2.45, 2.75) is 19.1 Å². The van der Waals surface area contributed by atoms with E-state index in [9.17, 15) is 4.79 Å². The highest BCUT2D eigenvalue weighted by Gasteiger charge is 2.01. The van der Waals surface area contributed by atoms with Gasteiger partial charge >= 0.3 is 0 Å². The first kappa shape index (κ1) is 19.3. The standard InChI is InChI=1S/C19H21ClN2O2S/c1-2-11-24-18-9-5-15(6-10-18)12-21-22-19(23)14-25-13-16-3-7-17(20)8-4-16/h3-10,12H,2,11,13-14H2,1H3,(H,22,23)/b21-12-. The Balaban J connectivity index is 1.68. The Morgan fingerprint density at radius 2 is 1.92 bits per heavy atom. The maximum Gasteiger partial charge on any atom is 0.250 e. The van der Waals surface area contributed by atoms with Crippen LogP contribution in [0.1, 0.15) is 24.5 Å². The van der Waals surface area contributed by atoms with E-state index in [0.29, 0.717) is 17.4 Å². The Kier molecular flexibility index (Phi) is 8.35. The van der Waals surface area contributed by atoms with Crippen LogP contribution in [0.2, 0.25) is 5.02 Å². The molecule has 2 aromatic rings. The molecule has 6 heteroatoms. The lowest BCUT2D eigenvalue weighted by atomic mass is 10.2. The molecule has 0 aliphatic carbocycles.